The maximum atomic E-state index is 2.74. The van der Waals surface area contributed by atoms with Crippen molar-refractivity contribution in [2.24, 2.45) is 0 Å². The van der Waals surface area contributed by atoms with Gasteiger partial charge in [0.05, 0.1) is 0 Å². The Bertz CT molecular complexity index is 357. The fraction of sp³-hybridized carbons (Fsp3) is 0.750. The van der Waals surface area contributed by atoms with Crippen LogP contribution < -0.4 is 0 Å². The van der Waals surface area contributed by atoms with E-state index in [0.29, 0.717) is 0 Å². The van der Waals surface area contributed by atoms with Crippen molar-refractivity contribution in [3.63, 3.8) is 0 Å². The molecule has 2 aliphatic rings. The average Bonchev–Trinajstić information content (AvgIpc) is 3.10. The van der Waals surface area contributed by atoms with Gasteiger partial charge in [-0.1, -0.05) is 6.42 Å². The molecule has 0 aliphatic carbocycles. The first kappa shape index (κ1) is 13.6. The highest BCUT2D eigenvalue weighted by molar-refractivity contribution is 7.07. The van der Waals surface area contributed by atoms with Gasteiger partial charge in [-0.15, -0.1) is 0 Å². The lowest BCUT2D eigenvalue weighted by molar-refractivity contribution is 0.122. The zero-order chi connectivity index (χ0) is 12.9. The zero-order valence-corrected chi connectivity index (χ0v) is 12.7. The first-order valence-electron chi connectivity index (χ1n) is 7.89. The lowest BCUT2D eigenvalue weighted by Gasteiger charge is -2.36. The first-order chi connectivity index (χ1) is 9.42. The molecule has 2 saturated heterocycles. The van der Waals surface area contributed by atoms with Crippen LogP contribution in [0.1, 0.15) is 44.1 Å². The SMILES string of the molecule is c1cc(CN2CCCC[C@@H]2CCN2CCCC2)cs1. The molecule has 0 aromatic carbocycles. The summed E-state index contributed by atoms with van der Waals surface area (Å²) < 4.78 is 0. The van der Waals surface area contributed by atoms with Gasteiger partial charge >= 0.3 is 0 Å². The van der Waals surface area contributed by atoms with Gasteiger partial charge in [-0.25, -0.2) is 0 Å². The summed E-state index contributed by atoms with van der Waals surface area (Å²) in [4.78, 5) is 5.40. The molecule has 1 atom stereocenters. The van der Waals surface area contributed by atoms with Crippen LogP contribution in [0.15, 0.2) is 16.8 Å². The van der Waals surface area contributed by atoms with Gasteiger partial charge < -0.3 is 4.90 Å². The predicted octanol–water partition coefficient (Wildman–Crippen LogP) is 3.59. The Morgan fingerprint density at radius 3 is 2.74 bits per heavy atom. The Balaban J connectivity index is 1.51. The number of piperidine rings is 1. The van der Waals surface area contributed by atoms with Crippen LogP contribution >= 0.6 is 11.3 Å². The molecule has 0 saturated carbocycles. The minimum absolute atomic E-state index is 0.828. The molecule has 19 heavy (non-hydrogen) atoms. The highest BCUT2D eigenvalue weighted by Gasteiger charge is 2.23. The molecule has 0 N–H and O–H groups in total. The zero-order valence-electron chi connectivity index (χ0n) is 11.9. The number of rotatable bonds is 5. The van der Waals surface area contributed by atoms with Gasteiger partial charge in [0.15, 0.2) is 0 Å². The molecule has 0 radical (unpaired) electrons. The quantitative estimate of drug-likeness (QED) is 0.812. The van der Waals surface area contributed by atoms with Gasteiger partial charge in [0.25, 0.3) is 0 Å². The largest absolute Gasteiger partial charge is 0.303 e. The number of likely N-dealkylation sites (tertiary alicyclic amines) is 2. The fourth-order valence-corrected chi connectivity index (χ4v) is 4.21. The Kier molecular flexibility index (Phi) is 4.91. The molecule has 3 heterocycles. The molecule has 0 bridgehead atoms. The number of hydrogen-bond acceptors (Lipinski definition) is 3. The molecule has 0 unspecified atom stereocenters. The van der Waals surface area contributed by atoms with E-state index in [9.17, 15) is 0 Å². The van der Waals surface area contributed by atoms with Gasteiger partial charge in [0, 0.05) is 12.6 Å². The van der Waals surface area contributed by atoms with E-state index in [1.54, 1.807) is 0 Å². The number of nitrogens with zero attached hydrogens (tertiary/aromatic N) is 2. The van der Waals surface area contributed by atoms with Gasteiger partial charge in [-0.05, 0) is 80.7 Å². The molecule has 0 amide bonds. The summed E-state index contributed by atoms with van der Waals surface area (Å²) in [6.07, 6.45) is 8.46. The second kappa shape index (κ2) is 6.87. The van der Waals surface area contributed by atoms with E-state index >= 15 is 0 Å². The highest BCUT2D eigenvalue weighted by atomic mass is 32.1. The Hall–Kier alpha value is -0.380. The molecule has 1 aromatic rings. The van der Waals surface area contributed by atoms with Crippen LogP contribution in [0, 0.1) is 0 Å². The normalized spacial score (nSPS) is 26.0. The summed E-state index contributed by atoms with van der Waals surface area (Å²) in [6, 6.07) is 3.12. The van der Waals surface area contributed by atoms with Gasteiger partial charge in [0.2, 0.25) is 0 Å². The summed E-state index contributed by atoms with van der Waals surface area (Å²) in [6.45, 7) is 6.49. The van der Waals surface area contributed by atoms with Crippen LogP contribution in [0.2, 0.25) is 0 Å². The van der Waals surface area contributed by atoms with E-state index in [4.69, 9.17) is 0 Å². The van der Waals surface area contributed by atoms with Gasteiger partial charge in [0.1, 0.15) is 0 Å². The van der Waals surface area contributed by atoms with Crippen LogP contribution in [-0.4, -0.2) is 42.0 Å². The summed E-state index contributed by atoms with van der Waals surface area (Å²) >= 11 is 1.83. The third-order valence-corrected chi connectivity index (χ3v) is 5.42. The topological polar surface area (TPSA) is 6.48 Å². The maximum absolute atomic E-state index is 2.74. The molecular formula is C16H26N2S. The van der Waals surface area contributed by atoms with Crippen LogP contribution in [0.4, 0.5) is 0 Å². The minimum Gasteiger partial charge on any atom is -0.303 e. The van der Waals surface area contributed by atoms with E-state index in [1.165, 1.54) is 76.8 Å². The van der Waals surface area contributed by atoms with Crippen molar-refractivity contribution in [2.45, 2.75) is 51.1 Å². The molecule has 2 aliphatic heterocycles. The molecular weight excluding hydrogens is 252 g/mol. The number of hydrogen-bond donors (Lipinski definition) is 0. The maximum Gasteiger partial charge on any atom is 0.0244 e. The minimum atomic E-state index is 0.828. The molecule has 3 rings (SSSR count). The van der Waals surface area contributed by atoms with Gasteiger partial charge in [-0.3, -0.25) is 4.90 Å². The molecule has 2 nitrogen and oxygen atoms in total. The monoisotopic (exact) mass is 278 g/mol. The lowest BCUT2D eigenvalue weighted by atomic mass is 9.98. The smallest absolute Gasteiger partial charge is 0.0244 e. The van der Waals surface area contributed by atoms with E-state index in [1.807, 2.05) is 11.3 Å². The predicted molar refractivity (Wildman–Crippen MR) is 82.7 cm³/mol. The van der Waals surface area contributed by atoms with Crippen LogP contribution in [0.25, 0.3) is 0 Å². The first-order valence-corrected chi connectivity index (χ1v) is 8.83. The molecule has 0 spiro atoms. The Labute approximate surface area is 121 Å². The Morgan fingerprint density at radius 1 is 1.11 bits per heavy atom. The summed E-state index contributed by atoms with van der Waals surface area (Å²) in [5.41, 5.74) is 1.51. The summed E-state index contributed by atoms with van der Waals surface area (Å²) in [7, 11) is 0. The third kappa shape index (κ3) is 3.80. The average molecular weight is 278 g/mol. The standard InChI is InChI=1S/C16H26N2S/c1-2-10-18(13-15-7-12-19-14-15)16(5-1)6-11-17-8-3-4-9-17/h7,12,14,16H,1-6,8-11,13H2/t16-/m1/s1. The van der Waals surface area contributed by atoms with Crippen molar-refractivity contribution >= 4 is 11.3 Å². The summed E-state index contributed by atoms with van der Waals surface area (Å²) in [5.74, 6) is 0. The lowest BCUT2D eigenvalue weighted by Crippen LogP contribution is -2.40. The molecule has 1 aromatic heterocycles. The molecule has 3 heteroatoms. The summed E-state index contributed by atoms with van der Waals surface area (Å²) in [5, 5.41) is 4.52. The van der Waals surface area contributed by atoms with Crippen LogP contribution in [0.5, 0.6) is 0 Å². The second-order valence-electron chi connectivity index (χ2n) is 6.09. The van der Waals surface area contributed by atoms with Crippen molar-refractivity contribution < 1.29 is 0 Å². The van der Waals surface area contributed by atoms with Gasteiger partial charge in [-0.2, -0.15) is 11.3 Å². The van der Waals surface area contributed by atoms with E-state index in [2.05, 4.69) is 26.6 Å². The number of thiophene rings is 1. The van der Waals surface area contributed by atoms with Crippen molar-refractivity contribution in [3.05, 3.63) is 22.4 Å². The highest BCUT2D eigenvalue weighted by Crippen LogP contribution is 2.23. The van der Waals surface area contributed by atoms with Crippen molar-refractivity contribution in [2.75, 3.05) is 26.2 Å². The van der Waals surface area contributed by atoms with Crippen molar-refractivity contribution in [1.82, 2.24) is 9.80 Å². The van der Waals surface area contributed by atoms with E-state index in [-0.39, 0.29) is 0 Å². The van der Waals surface area contributed by atoms with E-state index < -0.39 is 0 Å². The van der Waals surface area contributed by atoms with Crippen molar-refractivity contribution in [3.8, 4) is 0 Å². The molecule has 106 valence electrons. The van der Waals surface area contributed by atoms with Crippen LogP contribution in [0.3, 0.4) is 0 Å². The fourth-order valence-electron chi connectivity index (χ4n) is 3.55. The Morgan fingerprint density at radius 2 is 1.95 bits per heavy atom. The van der Waals surface area contributed by atoms with Crippen LogP contribution in [-0.2, 0) is 6.54 Å². The van der Waals surface area contributed by atoms with E-state index in [0.717, 1.165) is 6.04 Å². The van der Waals surface area contributed by atoms with Crippen molar-refractivity contribution in [1.29, 1.82) is 0 Å². The molecule has 2 fully saturated rings. The third-order valence-electron chi connectivity index (χ3n) is 4.69. The second-order valence-corrected chi connectivity index (χ2v) is 6.87.